The van der Waals surface area contributed by atoms with Crippen molar-refractivity contribution < 1.29 is 26.7 Å². The van der Waals surface area contributed by atoms with E-state index in [1.54, 1.807) is 4.72 Å². The average Bonchev–Trinajstić information content (AvgIpc) is 2.43. The number of halogens is 2. The van der Waals surface area contributed by atoms with Crippen molar-refractivity contribution in [3.8, 4) is 11.5 Å². The molecule has 0 saturated carbocycles. The standard InChI is InChI=1S/C11H16F2N2O4S/c1-18-9-4-8(3-7(5-14)11(9)19-2)20(16,17)15-6-10(12)13/h3-4,10,15H,5-6,14H2,1-2H3. The van der Waals surface area contributed by atoms with E-state index in [0.29, 0.717) is 11.3 Å². The first-order chi connectivity index (χ1) is 9.35. The van der Waals surface area contributed by atoms with E-state index in [0.717, 1.165) is 0 Å². The van der Waals surface area contributed by atoms with Gasteiger partial charge in [0.05, 0.1) is 25.7 Å². The summed E-state index contributed by atoms with van der Waals surface area (Å²) in [6.45, 7) is -0.952. The van der Waals surface area contributed by atoms with Gasteiger partial charge in [0.1, 0.15) is 0 Å². The Morgan fingerprint density at radius 2 is 1.95 bits per heavy atom. The lowest BCUT2D eigenvalue weighted by molar-refractivity contribution is 0.153. The summed E-state index contributed by atoms with van der Waals surface area (Å²) in [5.41, 5.74) is 5.91. The van der Waals surface area contributed by atoms with Gasteiger partial charge in [-0.1, -0.05) is 0 Å². The molecule has 0 unspecified atom stereocenters. The fraction of sp³-hybridized carbons (Fsp3) is 0.455. The van der Waals surface area contributed by atoms with Gasteiger partial charge < -0.3 is 15.2 Å². The number of rotatable bonds is 7. The predicted molar refractivity (Wildman–Crippen MR) is 68.6 cm³/mol. The topological polar surface area (TPSA) is 90.7 Å². The second-order valence-corrected chi connectivity index (χ2v) is 5.53. The molecule has 1 rings (SSSR count). The predicted octanol–water partition coefficient (Wildman–Crippen LogP) is 0.706. The van der Waals surface area contributed by atoms with Gasteiger partial charge in [-0.25, -0.2) is 21.9 Å². The van der Waals surface area contributed by atoms with E-state index in [-0.39, 0.29) is 17.2 Å². The summed E-state index contributed by atoms with van der Waals surface area (Å²) in [5, 5.41) is 0. The van der Waals surface area contributed by atoms with Crippen LogP contribution in [0.15, 0.2) is 17.0 Å². The second-order valence-electron chi connectivity index (χ2n) is 3.77. The van der Waals surface area contributed by atoms with Crippen LogP contribution in [0.3, 0.4) is 0 Å². The van der Waals surface area contributed by atoms with Crippen LogP contribution in [0.5, 0.6) is 11.5 Å². The zero-order valence-corrected chi connectivity index (χ0v) is 11.8. The molecule has 3 N–H and O–H groups in total. The monoisotopic (exact) mass is 310 g/mol. The fourth-order valence-electron chi connectivity index (χ4n) is 1.58. The van der Waals surface area contributed by atoms with Gasteiger partial charge in [-0.3, -0.25) is 0 Å². The van der Waals surface area contributed by atoms with Crippen molar-refractivity contribution in [3.05, 3.63) is 17.7 Å². The van der Waals surface area contributed by atoms with E-state index in [2.05, 4.69) is 0 Å². The highest BCUT2D eigenvalue weighted by Gasteiger charge is 2.21. The van der Waals surface area contributed by atoms with Crippen LogP contribution in [-0.4, -0.2) is 35.6 Å². The van der Waals surface area contributed by atoms with Crippen LogP contribution < -0.4 is 19.9 Å². The first-order valence-electron chi connectivity index (χ1n) is 5.58. The molecule has 0 aliphatic carbocycles. The summed E-state index contributed by atoms with van der Waals surface area (Å²) in [7, 11) is -1.34. The third-order valence-electron chi connectivity index (χ3n) is 2.49. The van der Waals surface area contributed by atoms with Crippen molar-refractivity contribution in [1.29, 1.82) is 0 Å². The highest BCUT2D eigenvalue weighted by atomic mass is 32.2. The molecule has 0 atom stereocenters. The van der Waals surface area contributed by atoms with Gasteiger partial charge in [0.2, 0.25) is 10.0 Å². The number of sulfonamides is 1. The average molecular weight is 310 g/mol. The molecule has 6 nitrogen and oxygen atoms in total. The molecule has 1 aromatic rings. The van der Waals surface area contributed by atoms with Gasteiger partial charge in [-0.05, 0) is 6.07 Å². The highest BCUT2D eigenvalue weighted by molar-refractivity contribution is 7.89. The molecule has 0 bridgehead atoms. The number of alkyl halides is 2. The van der Waals surface area contributed by atoms with E-state index in [9.17, 15) is 17.2 Å². The number of ether oxygens (including phenoxy) is 2. The Hall–Kier alpha value is -1.45. The summed E-state index contributed by atoms with van der Waals surface area (Å²) in [6.07, 6.45) is -2.78. The third kappa shape index (κ3) is 3.78. The SMILES string of the molecule is COc1cc(S(=O)(=O)NCC(F)F)cc(CN)c1OC. The summed E-state index contributed by atoms with van der Waals surface area (Å²) in [6, 6.07) is 2.45. The van der Waals surface area contributed by atoms with Crippen molar-refractivity contribution in [1.82, 2.24) is 4.72 Å². The molecule has 0 fully saturated rings. The highest BCUT2D eigenvalue weighted by Crippen LogP contribution is 2.33. The maximum atomic E-state index is 12.1. The molecular formula is C11H16F2N2O4S. The Balaban J connectivity index is 3.25. The van der Waals surface area contributed by atoms with Gasteiger partial charge in [0.25, 0.3) is 6.43 Å². The summed E-state index contributed by atoms with van der Waals surface area (Å²) < 4.78 is 59.9. The van der Waals surface area contributed by atoms with Crippen molar-refractivity contribution >= 4 is 10.0 Å². The van der Waals surface area contributed by atoms with Crippen LogP contribution in [0.4, 0.5) is 8.78 Å². The molecular weight excluding hydrogens is 294 g/mol. The summed E-state index contributed by atoms with van der Waals surface area (Å²) in [4.78, 5) is -0.212. The quantitative estimate of drug-likeness (QED) is 0.774. The molecule has 0 aliphatic heterocycles. The van der Waals surface area contributed by atoms with Crippen molar-refractivity contribution in [3.63, 3.8) is 0 Å². The molecule has 20 heavy (non-hydrogen) atoms. The van der Waals surface area contributed by atoms with Crippen LogP contribution in [0, 0.1) is 0 Å². The fourth-order valence-corrected chi connectivity index (χ4v) is 2.65. The van der Waals surface area contributed by atoms with E-state index >= 15 is 0 Å². The molecule has 0 spiro atoms. The van der Waals surface area contributed by atoms with Crippen LogP contribution in [0.2, 0.25) is 0 Å². The van der Waals surface area contributed by atoms with E-state index in [4.69, 9.17) is 15.2 Å². The second kappa shape index (κ2) is 6.82. The molecule has 0 saturated heterocycles. The molecule has 0 aromatic heterocycles. The lowest BCUT2D eigenvalue weighted by Crippen LogP contribution is -2.28. The van der Waals surface area contributed by atoms with Crippen LogP contribution in [0.25, 0.3) is 0 Å². The lowest BCUT2D eigenvalue weighted by Gasteiger charge is -2.14. The number of benzene rings is 1. The Labute approximate surface area is 115 Å². The molecule has 9 heteroatoms. The Morgan fingerprint density at radius 3 is 2.40 bits per heavy atom. The first-order valence-corrected chi connectivity index (χ1v) is 7.06. The number of nitrogens with two attached hydrogens (primary N) is 1. The molecule has 0 heterocycles. The van der Waals surface area contributed by atoms with Gasteiger partial charge in [0, 0.05) is 18.2 Å². The van der Waals surface area contributed by atoms with Crippen molar-refractivity contribution in [2.45, 2.75) is 17.9 Å². The largest absolute Gasteiger partial charge is 0.493 e. The minimum absolute atomic E-state index is 0.0116. The van der Waals surface area contributed by atoms with Gasteiger partial charge in [-0.2, -0.15) is 0 Å². The first kappa shape index (κ1) is 16.6. The van der Waals surface area contributed by atoms with E-state index in [1.807, 2.05) is 0 Å². The van der Waals surface area contributed by atoms with E-state index < -0.39 is 23.0 Å². The molecule has 0 amide bonds. The number of methoxy groups -OCH3 is 2. The zero-order valence-electron chi connectivity index (χ0n) is 11.0. The molecule has 0 radical (unpaired) electrons. The maximum Gasteiger partial charge on any atom is 0.251 e. The maximum absolute atomic E-state index is 12.1. The molecule has 114 valence electrons. The van der Waals surface area contributed by atoms with Crippen LogP contribution >= 0.6 is 0 Å². The van der Waals surface area contributed by atoms with Crippen LogP contribution in [0.1, 0.15) is 5.56 Å². The molecule has 1 aromatic carbocycles. The zero-order chi connectivity index (χ0) is 15.3. The minimum atomic E-state index is -4.07. The van der Waals surface area contributed by atoms with E-state index in [1.165, 1.54) is 26.4 Å². The van der Waals surface area contributed by atoms with Crippen molar-refractivity contribution in [2.24, 2.45) is 5.73 Å². The molecule has 0 aliphatic rings. The Morgan fingerprint density at radius 1 is 1.30 bits per heavy atom. The summed E-state index contributed by atoms with van der Waals surface area (Å²) in [5.74, 6) is 0.468. The number of hydrogen-bond donors (Lipinski definition) is 2. The normalized spacial score (nSPS) is 11.7. The Bertz CT molecular complexity index is 539. The third-order valence-corrected chi connectivity index (χ3v) is 3.89. The number of hydrogen-bond acceptors (Lipinski definition) is 5. The van der Waals surface area contributed by atoms with Crippen LogP contribution in [-0.2, 0) is 16.6 Å². The lowest BCUT2D eigenvalue weighted by atomic mass is 10.2. The van der Waals surface area contributed by atoms with Gasteiger partial charge >= 0.3 is 0 Å². The number of nitrogens with one attached hydrogen (secondary N) is 1. The Kier molecular flexibility index (Phi) is 5.66. The smallest absolute Gasteiger partial charge is 0.251 e. The minimum Gasteiger partial charge on any atom is -0.493 e. The van der Waals surface area contributed by atoms with Gasteiger partial charge in [-0.15, -0.1) is 0 Å². The summed E-state index contributed by atoms with van der Waals surface area (Å²) >= 11 is 0. The van der Waals surface area contributed by atoms with Gasteiger partial charge in [0.15, 0.2) is 11.5 Å². The van der Waals surface area contributed by atoms with Crippen molar-refractivity contribution in [2.75, 3.05) is 20.8 Å².